The highest BCUT2D eigenvalue weighted by atomic mass is 16.2. The van der Waals surface area contributed by atoms with Gasteiger partial charge in [-0.25, -0.2) is 9.97 Å². The highest BCUT2D eigenvalue weighted by Gasteiger charge is 2.22. The molecule has 2 aliphatic rings. The SMILES string of the molecule is CNc1cc(CN(C)C(=O)CN2CCC(C)CC2)nc([C@@H]2CCCN2)n1. The van der Waals surface area contributed by atoms with Crippen molar-refractivity contribution in [2.75, 3.05) is 45.6 Å². The van der Waals surface area contributed by atoms with E-state index in [9.17, 15) is 4.79 Å². The molecule has 144 valence electrons. The van der Waals surface area contributed by atoms with E-state index in [1.54, 1.807) is 4.90 Å². The molecular formula is C19H32N6O. The molecule has 2 saturated heterocycles. The van der Waals surface area contributed by atoms with E-state index in [1.165, 1.54) is 12.8 Å². The molecule has 3 heterocycles. The highest BCUT2D eigenvalue weighted by Crippen LogP contribution is 2.22. The number of carbonyl (C=O) groups excluding carboxylic acids is 1. The Kier molecular flexibility index (Phi) is 6.43. The first-order valence-corrected chi connectivity index (χ1v) is 9.80. The third-order valence-electron chi connectivity index (χ3n) is 5.48. The van der Waals surface area contributed by atoms with Crippen LogP contribution in [0, 0.1) is 5.92 Å². The van der Waals surface area contributed by atoms with E-state index in [2.05, 4.69) is 27.4 Å². The lowest BCUT2D eigenvalue weighted by atomic mass is 9.99. The van der Waals surface area contributed by atoms with Crippen LogP contribution in [0.25, 0.3) is 0 Å². The maximum absolute atomic E-state index is 12.6. The van der Waals surface area contributed by atoms with Gasteiger partial charge in [0.25, 0.3) is 0 Å². The van der Waals surface area contributed by atoms with Gasteiger partial charge in [0.1, 0.15) is 11.6 Å². The molecule has 2 fully saturated rings. The molecule has 2 aliphatic heterocycles. The third kappa shape index (κ3) is 4.92. The van der Waals surface area contributed by atoms with Gasteiger partial charge in [0.05, 0.1) is 24.8 Å². The maximum atomic E-state index is 12.6. The van der Waals surface area contributed by atoms with E-state index < -0.39 is 0 Å². The summed E-state index contributed by atoms with van der Waals surface area (Å²) in [5.74, 6) is 2.58. The number of carbonyl (C=O) groups is 1. The van der Waals surface area contributed by atoms with Gasteiger partial charge in [-0.05, 0) is 51.2 Å². The predicted octanol–water partition coefficient (Wildman–Crippen LogP) is 1.63. The largest absolute Gasteiger partial charge is 0.373 e. The van der Waals surface area contributed by atoms with E-state index in [4.69, 9.17) is 4.98 Å². The van der Waals surface area contributed by atoms with Crippen LogP contribution in [0.3, 0.4) is 0 Å². The molecule has 1 aromatic rings. The van der Waals surface area contributed by atoms with Gasteiger partial charge >= 0.3 is 0 Å². The van der Waals surface area contributed by atoms with Crippen LogP contribution >= 0.6 is 0 Å². The second-order valence-electron chi connectivity index (χ2n) is 7.71. The van der Waals surface area contributed by atoms with Crippen molar-refractivity contribution < 1.29 is 4.79 Å². The number of likely N-dealkylation sites (tertiary alicyclic amines) is 1. The number of aromatic nitrogens is 2. The van der Waals surface area contributed by atoms with E-state index >= 15 is 0 Å². The summed E-state index contributed by atoms with van der Waals surface area (Å²) in [5, 5.41) is 6.56. The molecule has 0 unspecified atom stereocenters. The van der Waals surface area contributed by atoms with Gasteiger partial charge < -0.3 is 15.5 Å². The Bertz CT molecular complexity index is 608. The summed E-state index contributed by atoms with van der Waals surface area (Å²) in [6.07, 6.45) is 4.59. The molecule has 7 nitrogen and oxygen atoms in total. The zero-order valence-corrected chi connectivity index (χ0v) is 16.3. The van der Waals surface area contributed by atoms with Crippen LogP contribution in [0.2, 0.25) is 0 Å². The standard InChI is InChI=1S/C19H32N6O/c1-14-6-9-25(10-7-14)13-18(26)24(3)12-15-11-17(20-2)23-19(22-15)16-5-4-8-21-16/h11,14,16,21H,4-10,12-13H2,1-3H3,(H,20,22,23)/t16-/m0/s1. The summed E-state index contributed by atoms with van der Waals surface area (Å²) >= 11 is 0. The Balaban J connectivity index is 1.61. The molecule has 0 bridgehead atoms. The van der Waals surface area contributed by atoms with E-state index in [-0.39, 0.29) is 11.9 Å². The lowest BCUT2D eigenvalue weighted by Gasteiger charge is -2.31. The fraction of sp³-hybridized carbons (Fsp3) is 0.737. The number of likely N-dealkylation sites (N-methyl/N-ethyl adjacent to an activating group) is 1. The average molecular weight is 361 g/mol. The quantitative estimate of drug-likeness (QED) is 0.803. The van der Waals surface area contributed by atoms with Crippen molar-refractivity contribution in [3.05, 3.63) is 17.6 Å². The molecule has 0 aliphatic carbocycles. The molecule has 3 rings (SSSR count). The van der Waals surface area contributed by atoms with Crippen molar-refractivity contribution in [2.24, 2.45) is 5.92 Å². The number of hydrogen-bond donors (Lipinski definition) is 2. The van der Waals surface area contributed by atoms with Gasteiger partial charge in [-0.3, -0.25) is 9.69 Å². The first-order chi connectivity index (χ1) is 12.5. The van der Waals surface area contributed by atoms with Gasteiger partial charge in [0, 0.05) is 20.2 Å². The Morgan fingerprint density at radius 2 is 2.12 bits per heavy atom. The Morgan fingerprint density at radius 3 is 2.77 bits per heavy atom. The Labute approximate surface area is 156 Å². The molecular weight excluding hydrogens is 328 g/mol. The normalized spacial score (nSPS) is 21.7. The van der Waals surface area contributed by atoms with Crippen molar-refractivity contribution in [1.82, 2.24) is 25.1 Å². The summed E-state index contributed by atoms with van der Waals surface area (Å²) in [6, 6.07) is 2.16. The Hall–Kier alpha value is -1.73. The Morgan fingerprint density at radius 1 is 1.35 bits per heavy atom. The van der Waals surface area contributed by atoms with Crippen molar-refractivity contribution in [1.29, 1.82) is 0 Å². The number of piperidine rings is 1. The van der Waals surface area contributed by atoms with Crippen molar-refractivity contribution in [3.8, 4) is 0 Å². The molecule has 1 atom stereocenters. The highest BCUT2D eigenvalue weighted by molar-refractivity contribution is 5.78. The van der Waals surface area contributed by atoms with Crippen molar-refractivity contribution in [3.63, 3.8) is 0 Å². The fourth-order valence-corrected chi connectivity index (χ4v) is 3.65. The van der Waals surface area contributed by atoms with Crippen LogP contribution in [0.5, 0.6) is 0 Å². The van der Waals surface area contributed by atoms with Crippen molar-refractivity contribution in [2.45, 2.75) is 45.2 Å². The number of nitrogens with zero attached hydrogens (tertiary/aromatic N) is 4. The number of nitrogens with one attached hydrogen (secondary N) is 2. The van der Waals surface area contributed by atoms with Crippen LogP contribution in [0.1, 0.15) is 50.2 Å². The number of anilines is 1. The van der Waals surface area contributed by atoms with Crippen LogP contribution in [0.15, 0.2) is 6.07 Å². The minimum Gasteiger partial charge on any atom is -0.373 e. The summed E-state index contributed by atoms with van der Waals surface area (Å²) in [6.45, 7) is 6.37. The van der Waals surface area contributed by atoms with Gasteiger partial charge in [-0.2, -0.15) is 0 Å². The molecule has 0 aromatic carbocycles. The zero-order chi connectivity index (χ0) is 18.5. The van der Waals surface area contributed by atoms with Crippen LogP contribution < -0.4 is 10.6 Å². The second-order valence-corrected chi connectivity index (χ2v) is 7.71. The molecule has 7 heteroatoms. The zero-order valence-electron chi connectivity index (χ0n) is 16.3. The molecule has 1 amide bonds. The number of amides is 1. The van der Waals surface area contributed by atoms with E-state index in [0.29, 0.717) is 13.1 Å². The average Bonchev–Trinajstić information content (AvgIpc) is 3.18. The van der Waals surface area contributed by atoms with Gasteiger partial charge in [0.15, 0.2) is 0 Å². The van der Waals surface area contributed by atoms with Crippen LogP contribution in [0.4, 0.5) is 5.82 Å². The van der Waals surface area contributed by atoms with E-state index in [1.807, 2.05) is 20.2 Å². The maximum Gasteiger partial charge on any atom is 0.236 e. The monoisotopic (exact) mass is 360 g/mol. The molecule has 1 aromatic heterocycles. The molecule has 2 N–H and O–H groups in total. The summed E-state index contributed by atoms with van der Waals surface area (Å²) in [5.41, 5.74) is 0.885. The first-order valence-electron chi connectivity index (χ1n) is 9.80. The van der Waals surface area contributed by atoms with E-state index in [0.717, 1.165) is 55.7 Å². The minimum absolute atomic E-state index is 0.157. The molecule has 0 saturated carbocycles. The van der Waals surface area contributed by atoms with Gasteiger partial charge in [-0.1, -0.05) is 6.92 Å². The van der Waals surface area contributed by atoms with Crippen LogP contribution in [-0.2, 0) is 11.3 Å². The topological polar surface area (TPSA) is 73.4 Å². The lowest BCUT2D eigenvalue weighted by Crippen LogP contribution is -2.41. The molecule has 0 spiro atoms. The fourth-order valence-electron chi connectivity index (χ4n) is 3.65. The number of rotatable bonds is 6. The minimum atomic E-state index is 0.157. The smallest absolute Gasteiger partial charge is 0.236 e. The second kappa shape index (κ2) is 8.77. The van der Waals surface area contributed by atoms with Crippen molar-refractivity contribution >= 4 is 11.7 Å². The summed E-state index contributed by atoms with van der Waals surface area (Å²) < 4.78 is 0. The van der Waals surface area contributed by atoms with Gasteiger partial charge in [-0.15, -0.1) is 0 Å². The van der Waals surface area contributed by atoms with Crippen LogP contribution in [-0.4, -0.2) is 65.9 Å². The molecule has 26 heavy (non-hydrogen) atoms. The first kappa shape index (κ1) is 19.0. The van der Waals surface area contributed by atoms with Gasteiger partial charge in [0.2, 0.25) is 5.91 Å². The number of hydrogen-bond acceptors (Lipinski definition) is 6. The molecule has 0 radical (unpaired) electrons. The predicted molar refractivity (Wildman–Crippen MR) is 103 cm³/mol. The summed E-state index contributed by atoms with van der Waals surface area (Å²) in [7, 11) is 3.73. The third-order valence-corrected chi connectivity index (χ3v) is 5.48. The summed E-state index contributed by atoms with van der Waals surface area (Å²) in [4.78, 5) is 26.0. The lowest BCUT2D eigenvalue weighted by molar-refractivity contribution is -0.132.